The molecule has 0 aromatic heterocycles. The molecular formula is C19H21NO3S. The minimum atomic E-state index is -0.485. The lowest BCUT2D eigenvalue weighted by molar-refractivity contribution is -0.127. The molecule has 5 heteroatoms. The Hall–Kier alpha value is -1.98. The molecule has 0 bridgehead atoms. The molecule has 2 atom stereocenters. The van der Waals surface area contributed by atoms with E-state index in [4.69, 9.17) is 4.74 Å². The van der Waals surface area contributed by atoms with Crippen molar-refractivity contribution >= 4 is 17.7 Å². The molecule has 0 aliphatic carbocycles. The van der Waals surface area contributed by atoms with Gasteiger partial charge in [0.15, 0.2) is 6.10 Å². The van der Waals surface area contributed by atoms with Crippen LogP contribution in [0.15, 0.2) is 59.5 Å². The summed E-state index contributed by atoms with van der Waals surface area (Å²) in [7, 11) is 0. The second-order valence-electron chi connectivity index (χ2n) is 5.85. The molecule has 0 saturated heterocycles. The van der Waals surface area contributed by atoms with E-state index in [1.165, 1.54) is 0 Å². The van der Waals surface area contributed by atoms with Crippen molar-refractivity contribution in [1.82, 2.24) is 5.32 Å². The number of rotatable bonds is 6. The highest BCUT2D eigenvalue weighted by Crippen LogP contribution is 2.34. The van der Waals surface area contributed by atoms with Crippen molar-refractivity contribution in [2.75, 3.05) is 18.9 Å². The van der Waals surface area contributed by atoms with Gasteiger partial charge in [0.2, 0.25) is 0 Å². The zero-order valence-electron chi connectivity index (χ0n) is 13.4. The number of carbonyl (C=O) groups excluding carboxylic acids is 1. The summed E-state index contributed by atoms with van der Waals surface area (Å²) >= 11 is 1.63. The topological polar surface area (TPSA) is 58.6 Å². The van der Waals surface area contributed by atoms with E-state index in [1.807, 2.05) is 54.6 Å². The van der Waals surface area contributed by atoms with E-state index in [9.17, 15) is 9.90 Å². The van der Waals surface area contributed by atoms with Crippen LogP contribution in [-0.2, 0) is 11.2 Å². The van der Waals surface area contributed by atoms with Crippen molar-refractivity contribution in [3.63, 3.8) is 0 Å². The van der Waals surface area contributed by atoms with Crippen LogP contribution in [0.2, 0.25) is 0 Å². The minimum Gasteiger partial charge on any atom is -0.479 e. The van der Waals surface area contributed by atoms with Crippen LogP contribution in [0.4, 0.5) is 0 Å². The van der Waals surface area contributed by atoms with Crippen LogP contribution >= 0.6 is 11.8 Å². The third kappa shape index (κ3) is 4.30. The first-order valence-corrected chi connectivity index (χ1v) is 9.06. The van der Waals surface area contributed by atoms with Gasteiger partial charge in [-0.1, -0.05) is 42.5 Å². The van der Waals surface area contributed by atoms with E-state index >= 15 is 0 Å². The number of hydrogen-bond acceptors (Lipinski definition) is 4. The highest BCUT2D eigenvalue weighted by Gasteiger charge is 2.26. The SMILES string of the molecule is O=C(NC[C@H](CO)Cc1ccccc1)[C@@H]1CSc2ccccc2O1. The normalized spacial score (nSPS) is 17.5. The predicted octanol–water partition coefficient (Wildman–Crippen LogP) is 2.51. The molecule has 2 aromatic carbocycles. The number of carbonyl (C=O) groups is 1. The highest BCUT2D eigenvalue weighted by atomic mass is 32.2. The summed E-state index contributed by atoms with van der Waals surface area (Å²) in [5, 5.41) is 12.5. The molecule has 0 spiro atoms. The monoisotopic (exact) mass is 343 g/mol. The van der Waals surface area contributed by atoms with Crippen molar-refractivity contribution in [1.29, 1.82) is 0 Å². The van der Waals surface area contributed by atoms with E-state index < -0.39 is 6.10 Å². The van der Waals surface area contributed by atoms with Crippen molar-refractivity contribution in [2.24, 2.45) is 5.92 Å². The van der Waals surface area contributed by atoms with Gasteiger partial charge in [0, 0.05) is 29.7 Å². The fourth-order valence-corrected chi connectivity index (χ4v) is 3.64. The van der Waals surface area contributed by atoms with Crippen LogP contribution in [0, 0.1) is 5.92 Å². The van der Waals surface area contributed by atoms with E-state index in [0.717, 1.165) is 22.6 Å². The number of aliphatic hydroxyl groups is 1. The molecule has 0 fully saturated rings. The molecule has 2 aromatic rings. The van der Waals surface area contributed by atoms with E-state index in [0.29, 0.717) is 12.3 Å². The molecule has 0 saturated carbocycles. The van der Waals surface area contributed by atoms with Gasteiger partial charge < -0.3 is 15.2 Å². The summed E-state index contributed by atoms with van der Waals surface area (Å²) in [5.74, 6) is 1.24. The molecular weight excluding hydrogens is 322 g/mol. The summed E-state index contributed by atoms with van der Waals surface area (Å²) in [5.41, 5.74) is 1.16. The lowest BCUT2D eigenvalue weighted by Gasteiger charge is -2.25. The molecule has 1 aliphatic heterocycles. The first-order chi connectivity index (χ1) is 11.8. The van der Waals surface area contributed by atoms with Crippen LogP contribution in [-0.4, -0.2) is 36.0 Å². The molecule has 1 aliphatic rings. The number of fused-ring (bicyclic) bond motifs is 1. The van der Waals surface area contributed by atoms with E-state index in [2.05, 4.69) is 5.32 Å². The van der Waals surface area contributed by atoms with Gasteiger partial charge in [-0.2, -0.15) is 0 Å². The third-order valence-electron chi connectivity index (χ3n) is 3.99. The largest absolute Gasteiger partial charge is 0.479 e. The Morgan fingerprint density at radius 2 is 1.96 bits per heavy atom. The quantitative estimate of drug-likeness (QED) is 0.846. The lowest BCUT2D eigenvalue weighted by atomic mass is 10.00. The Morgan fingerprint density at radius 3 is 2.75 bits per heavy atom. The summed E-state index contributed by atoms with van der Waals surface area (Å²) in [6, 6.07) is 17.7. The number of benzene rings is 2. The van der Waals surface area contributed by atoms with Crippen LogP contribution in [0.5, 0.6) is 5.75 Å². The van der Waals surface area contributed by atoms with Gasteiger partial charge in [0.05, 0.1) is 0 Å². The van der Waals surface area contributed by atoms with Crippen molar-refractivity contribution in [3.05, 3.63) is 60.2 Å². The Bertz CT molecular complexity index is 677. The molecule has 2 N–H and O–H groups in total. The van der Waals surface area contributed by atoms with Gasteiger partial charge in [-0.25, -0.2) is 0 Å². The maximum absolute atomic E-state index is 12.3. The van der Waals surface area contributed by atoms with Crippen molar-refractivity contribution in [2.45, 2.75) is 17.4 Å². The molecule has 4 nitrogen and oxygen atoms in total. The van der Waals surface area contributed by atoms with Crippen LogP contribution < -0.4 is 10.1 Å². The average Bonchev–Trinajstić information content (AvgIpc) is 2.65. The van der Waals surface area contributed by atoms with Gasteiger partial charge >= 0.3 is 0 Å². The molecule has 126 valence electrons. The minimum absolute atomic E-state index is 0.000111. The van der Waals surface area contributed by atoms with Crippen LogP contribution in [0.1, 0.15) is 5.56 Å². The predicted molar refractivity (Wildman–Crippen MR) is 95.3 cm³/mol. The summed E-state index contributed by atoms with van der Waals surface area (Å²) < 4.78 is 5.78. The molecule has 3 rings (SSSR count). The highest BCUT2D eigenvalue weighted by molar-refractivity contribution is 7.99. The maximum atomic E-state index is 12.3. The second-order valence-corrected chi connectivity index (χ2v) is 6.91. The number of nitrogens with one attached hydrogen (secondary N) is 1. The Morgan fingerprint density at radius 1 is 1.21 bits per heavy atom. The van der Waals surface area contributed by atoms with Gasteiger partial charge in [0.25, 0.3) is 5.91 Å². The van der Waals surface area contributed by atoms with Gasteiger partial charge in [-0.15, -0.1) is 11.8 Å². The second kappa shape index (κ2) is 8.22. The lowest BCUT2D eigenvalue weighted by Crippen LogP contribution is -2.43. The average molecular weight is 343 g/mol. The molecule has 1 amide bonds. The third-order valence-corrected chi connectivity index (χ3v) is 5.11. The summed E-state index contributed by atoms with van der Waals surface area (Å²) in [6.07, 6.45) is 0.252. The van der Waals surface area contributed by atoms with Gasteiger partial charge in [0.1, 0.15) is 5.75 Å². The van der Waals surface area contributed by atoms with Crippen molar-refractivity contribution < 1.29 is 14.6 Å². The number of ether oxygens (including phenoxy) is 1. The summed E-state index contributed by atoms with van der Waals surface area (Å²) in [4.78, 5) is 13.4. The smallest absolute Gasteiger partial charge is 0.261 e. The standard InChI is InChI=1S/C19H21NO3S/c21-12-15(10-14-6-2-1-3-7-14)11-20-19(22)17-13-24-18-9-5-4-8-16(18)23-17/h1-9,15,17,21H,10-13H2,(H,20,22)/t15-,17+/m1/s1. The number of para-hydroxylation sites is 1. The van der Waals surface area contributed by atoms with Crippen LogP contribution in [0.3, 0.4) is 0 Å². The number of aliphatic hydroxyl groups excluding tert-OH is 1. The Labute approximate surface area is 146 Å². The van der Waals surface area contributed by atoms with E-state index in [1.54, 1.807) is 11.8 Å². The Kier molecular flexibility index (Phi) is 5.77. The van der Waals surface area contributed by atoms with E-state index in [-0.39, 0.29) is 18.4 Å². The first kappa shape index (κ1) is 16.9. The molecule has 0 radical (unpaired) electrons. The molecule has 0 unspecified atom stereocenters. The molecule has 24 heavy (non-hydrogen) atoms. The summed E-state index contributed by atoms with van der Waals surface area (Å²) in [6.45, 7) is 0.481. The van der Waals surface area contributed by atoms with Crippen molar-refractivity contribution in [3.8, 4) is 5.75 Å². The van der Waals surface area contributed by atoms with Gasteiger partial charge in [-0.3, -0.25) is 4.79 Å². The number of hydrogen-bond donors (Lipinski definition) is 2. The van der Waals surface area contributed by atoms with Crippen LogP contribution in [0.25, 0.3) is 0 Å². The number of thioether (sulfide) groups is 1. The van der Waals surface area contributed by atoms with Gasteiger partial charge in [-0.05, 0) is 24.1 Å². The number of amides is 1. The zero-order chi connectivity index (χ0) is 16.8. The molecule has 1 heterocycles. The first-order valence-electron chi connectivity index (χ1n) is 8.07. The fraction of sp³-hybridized carbons (Fsp3) is 0.316. The zero-order valence-corrected chi connectivity index (χ0v) is 14.2. The fourth-order valence-electron chi connectivity index (χ4n) is 2.66. The maximum Gasteiger partial charge on any atom is 0.261 e. The Balaban J connectivity index is 1.51.